The molecule has 11 heteroatoms. The third-order valence-electron chi connectivity index (χ3n) is 2.98. The van der Waals surface area contributed by atoms with E-state index in [4.69, 9.17) is 44.9 Å². The van der Waals surface area contributed by atoms with Crippen molar-refractivity contribution >= 4 is 68.9 Å². The van der Waals surface area contributed by atoms with Crippen LogP contribution in [0.2, 0.25) is 10.0 Å². The molecule has 0 spiro atoms. The number of thiocarbonyl (C=S) groups is 1. The van der Waals surface area contributed by atoms with E-state index in [1.54, 1.807) is 26.0 Å². The smallest absolute Gasteiger partial charge is 0.350 e. The van der Waals surface area contributed by atoms with Crippen LogP contribution in [-0.2, 0) is 9.53 Å². The number of carbonyl (C=O) groups excluding carboxylic acids is 2. The van der Waals surface area contributed by atoms with Gasteiger partial charge in [0.1, 0.15) is 10.6 Å². The summed E-state index contributed by atoms with van der Waals surface area (Å²) in [5, 5.41) is 6.34. The average molecular weight is 448 g/mol. The first-order chi connectivity index (χ1) is 12.8. The van der Waals surface area contributed by atoms with Gasteiger partial charge in [0.2, 0.25) is 0 Å². The van der Waals surface area contributed by atoms with Crippen molar-refractivity contribution in [2.45, 2.75) is 13.8 Å². The van der Waals surface area contributed by atoms with E-state index in [-0.39, 0.29) is 18.3 Å². The summed E-state index contributed by atoms with van der Waals surface area (Å²) in [5.74, 6) is -0.620. The van der Waals surface area contributed by atoms with Crippen molar-refractivity contribution in [3.05, 3.63) is 38.8 Å². The molecule has 144 valence electrons. The van der Waals surface area contributed by atoms with Crippen molar-refractivity contribution in [2.75, 3.05) is 18.5 Å². The molecule has 27 heavy (non-hydrogen) atoms. The molecule has 0 aliphatic rings. The summed E-state index contributed by atoms with van der Waals surface area (Å²) in [7, 11) is 0. The summed E-state index contributed by atoms with van der Waals surface area (Å²) < 4.78 is 10.3. The van der Waals surface area contributed by atoms with Crippen molar-refractivity contribution in [1.29, 1.82) is 0 Å². The Morgan fingerprint density at radius 2 is 2.07 bits per heavy atom. The molecule has 1 aromatic heterocycles. The molecule has 0 aliphatic heterocycles. The predicted octanol–water partition coefficient (Wildman–Crippen LogP) is 3.83. The van der Waals surface area contributed by atoms with Crippen molar-refractivity contribution in [1.82, 2.24) is 10.3 Å². The Labute approximate surface area is 175 Å². The maximum atomic E-state index is 11.9. The number of nitrogens with zero attached hydrogens (tertiary/aromatic N) is 1. The summed E-state index contributed by atoms with van der Waals surface area (Å²) in [6, 6.07) is 4.66. The van der Waals surface area contributed by atoms with E-state index in [0.29, 0.717) is 31.5 Å². The van der Waals surface area contributed by atoms with Crippen molar-refractivity contribution < 1.29 is 19.1 Å². The van der Waals surface area contributed by atoms with Gasteiger partial charge in [0.05, 0.1) is 17.3 Å². The first-order valence-electron chi connectivity index (χ1n) is 7.63. The number of anilines is 1. The van der Waals surface area contributed by atoms with Crippen LogP contribution in [0.1, 0.15) is 22.3 Å². The molecular weight excluding hydrogens is 433 g/mol. The van der Waals surface area contributed by atoms with Crippen LogP contribution >= 0.6 is 46.8 Å². The lowest BCUT2D eigenvalue weighted by Gasteiger charge is -2.09. The fraction of sp³-hybridized carbons (Fsp3) is 0.250. The topological polar surface area (TPSA) is 89.6 Å². The second-order valence-electron chi connectivity index (χ2n) is 5.02. The molecule has 2 N–H and O–H groups in total. The minimum atomic E-state index is -0.489. The van der Waals surface area contributed by atoms with Gasteiger partial charge in [0.15, 0.2) is 16.9 Å². The van der Waals surface area contributed by atoms with Gasteiger partial charge >= 0.3 is 5.97 Å². The lowest BCUT2D eigenvalue weighted by Crippen LogP contribution is -2.37. The van der Waals surface area contributed by atoms with Gasteiger partial charge in [0.25, 0.3) is 5.91 Å². The molecule has 0 unspecified atom stereocenters. The molecule has 0 aliphatic carbocycles. The molecule has 0 fully saturated rings. The van der Waals surface area contributed by atoms with Crippen LogP contribution in [0.4, 0.5) is 5.13 Å². The SMILES string of the molecule is CCOC(=O)c1sc(NC(=S)NC(=O)COc2ccc(Cl)cc2Cl)nc1C. The standard InChI is InChI=1S/C16H15Cl2N3O4S2/c1-3-24-14(23)13-8(2)19-16(27-13)21-15(26)20-12(22)7-25-11-5-4-9(17)6-10(11)18/h4-6H,3,7H2,1-2H3,(H2,19,20,21,22,26). The van der Waals surface area contributed by atoms with Gasteiger partial charge in [0, 0.05) is 5.02 Å². The predicted molar refractivity (Wildman–Crippen MR) is 109 cm³/mol. The van der Waals surface area contributed by atoms with E-state index >= 15 is 0 Å². The normalized spacial score (nSPS) is 10.2. The first-order valence-corrected chi connectivity index (χ1v) is 9.61. The first kappa shape index (κ1) is 21.4. The maximum absolute atomic E-state index is 11.9. The lowest BCUT2D eigenvalue weighted by atomic mass is 10.3. The Morgan fingerprint density at radius 3 is 2.74 bits per heavy atom. The van der Waals surface area contributed by atoms with Crippen LogP contribution < -0.4 is 15.4 Å². The Bertz CT molecular complexity index is 873. The van der Waals surface area contributed by atoms with Gasteiger partial charge in [-0.2, -0.15) is 0 Å². The fourth-order valence-corrected chi connectivity index (χ4v) is 3.47. The monoisotopic (exact) mass is 447 g/mol. The fourth-order valence-electron chi connectivity index (χ4n) is 1.86. The molecule has 1 aromatic carbocycles. The van der Waals surface area contributed by atoms with Crippen LogP contribution in [0, 0.1) is 6.92 Å². The van der Waals surface area contributed by atoms with Crippen molar-refractivity contribution in [3.8, 4) is 5.75 Å². The number of aromatic nitrogens is 1. The van der Waals surface area contributed by atoms with Gasteiger partial charge in [-0.25, -0.2) is 9.78 Å². The number of esters is 1. The van der Waals surface area contributed by atoms with Crippen LogP contribution in [0.5, 0.6) is 5.75 Å². The summed E-state index contributed by atoms with van der Waals surface area (Å²) in [6.07, 6.45) is 0. The van der Waals surface area contributed by atoms with Crippen LogP contribution in [0.15, 0.2) is 18.2 Å². The zero-order valence-corrected chi connectivity index (χ0v) is 17.4. The molecule has 0 radical (unpaired) electrons. The number of halogens is 2. The number of nitrogens with one attached hydrogen (secondary N) is 2. The van der Waals surface area contributed by atoms with Crippen LogP contribution in [-0.4, -0.2) is 35.2 Å². The number of aryl methyl sites for hydroxylation is 1. The number of benzene rings is 1. The number of thiazole rings is 1. The molecule has 2 aromatic rings. The summed E-state index contributed by atoms with van der Waals surface area (Å²) >= 11 is 17.9. The molecule has 1 heterocycles. The highest BCUT2D eigenvalue weighted by atomic mass is 35.5. The average Bonchev–Trinajstić information content (AvgIpc) is 2.94. The Kier molecular flexibility index (Phi) is 7.78. The maximum Gasteiger partial charge on any atom is 0.350 e. The second-order valence-corrected chi connectivity index (χ2v) is 7.27. The summed E-state index contributed by atoms with van der Waals surface area (Å²) in [4.78, 5) is 28.3. The van der Waals surface area contributed by atoms with E-state index in [1.165, 1.54) is 6.07 Å². The molecule has 7 nitrogen and oxygen atoms in total. The molecule has 1 amide bonds. The molecule has 0 bridgehead atoms. The highest BCUT2D eigenvalue weighted by Crippen LogP contribution is 2.27. The lowest BCUT2D eigenvalue weighted by molar-refractivity contribution is -0.121. The molecular formula is C16H15Cl2N3O4S2. The number of carbonyl (C=O) groups is 2. The van der Waals surface area contributed by atoms with Gasteiger partial charge < -0.3 is 14.8 Å². The minimum Gasteiger partial charge on any atom is -0.482 e. The summed E-state index contributed by atoms with van der Waals surface area (Å²) in [6.45, 7) is 3.37. The number of rotatable bonds is 6. The Balaban J connectivity index is 1.87. The zero-order chi connectivity index (χ0) is 20.0. The third-order valence-corrected chi connectivity index (χ3v) is 4.77. The largest absolute Gasteiger partial charge is 0.482 e. The van der Waals surface area contributed by atoms with Crippen molar-refractivity contribution in [3.63, 3.8) is 0 Å². The van der Waals surface area contributed by atoms with Crippen LogP contribution in [0.25, 0.3) is 0 Å². The quantitative estimate of drug-likeness (QED) is 0.513. The summed E-state index contributed by atoms with van der Waals surface area (Å²) in [5.41, 5.74) is 0.510. The van der Waals surface area contributed by atoms with E-state index in [0.717, 1.165) is 11.3 Å². The molecule has 0 saturated carbocycles. The minimum absolute atomic E-state index is 0.0231. The molecule has 0 atom stereocenters. The van der Waals surface area contributed by atoms with Gasteiger partial charge in [-0.1, -0.05) is 34.5 Å². The molecule has 0 saturated heterocycles. The van der Waals surface area contributed by atoms with E-state index < -0.39 is 11.9 Å². The number of amides is 1. The second kappa shape index (κ2) is 9.84. The highest BCUT2D eigenvalue weighted by molar-refractivity contribution is 7.80. The molecule has 2 rings (SSSR count). The van der Waals surface area contributed by atoms with Crippen molar-refractivity contribution in [2.24, 2.45) is 0 Å². The van der Waals surface area contributed by atoms with Gasteiger partial charge in [-0.15, -0.1) is 0 Å². The van der Waals surface area contributed by atoms with E-state index in [2.05, 4.69) is 15.6 Å². The zero-order valence-electron chi connectivity index (χ0n) is 14.3. The third kappa shape index (κ3) is 6.31. The van der Waals surface area contributed by atoms with E-state index in [9.17, 15) is 9.59 Å². The number of hydrogen-bond donors (Lipinski definition) is 2. The van der Waals surface area contributed by atoms with Crippen LogP contribution in [0.3, 0.4) is 0 Å². The van der Waals surface area contributed by atoms with Gasteiger partial charge in [-0.3, -0.25) is 10.1 Å². The van der Waals surface area contributed by atoms with Gasteiger partial charge in [-0.05, 0) is 44.3 Å². The Morgan fingerprint density at radius 1 is 1.33 bits per heavy atom. The number of hydrogen-bond acceptors (Lipinski definition) is 7. The highest BCUT2D eigenvalue weighted by Gasteiger charge is 2.17. The Hall–Kier alpha value is -1.94. The number of ether oxygens (including phenoxy) is 2. The van der Waals surface area contributed by atoms with E-state index in [1.807, 2.05) is 0 Å².